The molecule has 0 fully saturated rings. The summed E-state index contributed by atoms with van der Waals surface area (Å²) in [6.07, 6.45) is 0.867. The van der Waals surface area contributed by atoms with E-state index in [1.807, 2.05) is 18.2 Å². The molecule has 98 valence electrons. The second-order valence-electron chi connectivity index (χ2n) is 5.10. The number of hydrogen-bond acceptors (Lipinski definition) is 1. The van der Waals surface area contributed by atoms with Gasteiger partial charge in [-0.3, -0.25) is 0 Å². The second kappa shape index (κ2) is 6.29. The van der Waals surface area contributed by atoms with Gasteiger partial charge in [-0.15, -0.1) is 35.9 Å². The average molecular weight is 331 g/mol. The maximum absolute atomic E-state index is 6.10. The van der Waals surface area contributed by atoms with E-state index >= 15 is 0 Å². The van der Waals surface area contributed by atoms with Gasteiger partial charge in [-0.1, -0.05) is 35.4 Å². The van der Waals surface area contributed by atoms with Gasteiger partial charge in [0.05, 0.1) is 0 Å². The average Bonchev–Trinajstić information content (AvgIpc) is 2.29. The van der Waals surface area contributed by atoms with Crippen LogP contribution in [0.5, 0.6) is 0 Å². The molecule has 0 saturated heterocycles. The molecule has 0 aliphatic rings. The molecule has 0 atom stereocenters. The fraction of sp³-hybridized carbons (Fsp3) is 0.250. The molecule has 0 aromatic heterocycles. The minimum atomic E-state index is -0.190. The quantitative estimate of drug-likeness (QED) is 0.677. The maximum Gasteiger partial charge on any atom is 0.0130 e. The topological polar surface area (TPSA) is 26.0 Å². The molecule has 0 heterocycles. The number of nitrogens with two attached hydrogens (primary N) is 1. The molecule has 0 aliphatic carbocycles. The van der Waals surface area contributed by atoms with Gasteiger partial charge in [0.2, 0.25) is 0 Å². The van der Waals surface area contributed by atoms with E-state index in [2.05, 4.69) is 50.2 Å². The monoisotopic (exact) mass is 330 g/mol. The molecule has 0 amide bonds. The third-order valence-electron chi connectivity index (χ3n) is 2.66. The Bertz CT molecular complexity index is 486. The molecule has 18 heavy (non-hydrogen) atoms. The van der Waals surface area contributed by atoms with E-state index in [-0.39, 0.29) is 26.0 Å². The van der Waals surface area contributed by atoms with Crippen molar-refractivity contribution >= 4 is 0 Å². The Morgan fingerprint density at radius 1 is 1.06 bits per heavy atom. The summed E-state index contributed by atoms with van der Waals surface area (Å²) in [5.41, 5.74) is 9.55. The van der Waals surface area contributed by atoms with Crippen molar-refractivity contribution in [3.05, 3.63) is 60.2 Å². The second-order valence-corrected chi connectivity index (χ2v) is 5.10. The molecule has 0 bridgehead atoms. The first-order chi connectivity index (χ1) is 8.06. The zero-order valence-corrected chi connectivity index (χ0v) is 12.3. The van der Waals surface area contributed by atoms with Crippen molar-refractivity contribution in [2.24, 2.45) is 5.73 Å². The third kappa shape index (κ3) is 4.07. The summed E-state index contributed by atoms with van der Waals surface area (Å²) >= 11 is 0. The van der Waals surface area contributed by atoms with E-state index in [4.69, 9.17) is 5.73 Å². The van der Waals surface area contributed by atoms with E-state index in [1.165, 1.54) is 11.1 Å². The summed E-state index contributed by atoms with van der Waals surface area (Å²) in [4.78, 5) is 0. The molecule has 2 rings (SSSR count). The Hall–Kier alpha value is -0.938. The summed E-state index contributed by atoms with van der Waals surface area (Å²) in [5, 5.41) is 0. The van der Waals surface area contributed by atoms with Gasteiger partial charge < -0.3 is 5.73 Å². The largest absolute Gasteiger partial charge is 0.325 e. The van der Waals surface area contributed by atoms with Gasteiger partial charge in [0.1, 0.15) is 0 Å². The molecule has 0 radical (unpaired) electrons. The zero-order chi connectivity index (χ0) is 12.3. The summed E-state index contributed by atoms with van der Waals surface area (Å²) in [6.45, 7) is 4.11. The van der Waals surface area contributed by atoms with Crippen LogP contribution in [0.15, 0.2) is 48.5 Å². The van der Waals surface area contributed by atoms with Crippen molar-refractivity contribution in [2.75, 3.05) is 0 Å². The van der Waals surface area contributed by atoms with Crippen molar-refractivity contribution in [3.63, 3.8) is 0 Å². The van der Waals surface area contributed by atoms with Gasteiger partial charge in [-0.05, 0) is 20.3 Å². The Morgan fingerprint density at radius 3 is 2.33 bits per heavy atom. The van der Waals surface area contributed by atoms with Crippen LogP contribution < -0.4 is 5.73 Å². The van der Waals surface area contributed by atoms with Crippen LogP contribution in [0.3, 0.4) is 0 Å². The zero-order valence-electron chi connectivity index (χ0n) is 10.7. The molecule has 1 nitrogen and oxygen atoms in total. The van der Waals surface area contributed by atoms with Crippen LogP contribution in [0.4, 0.5) is 0 Å². The first kappa shape index (κ1) is 15.1. The molecule has 0 aliphatic heterocycles. The molecular weight excluding hydrogens is 313 g/mol. The van der Waals surface area contributed by atoms with Crippen LogP contribution >= 0.6 is 0 Å². The molecule has 2 heteroatoms. The number of rotatable bonds is 3. The van der Waals surface area contributed by atoms with Gasteiger partial charge in [-0.2, -0.15) is 0 Å². The Balaban J connectivity index is 0.00000162. The molecule has 0 saturated carbocycles. The van der Waals surface area contributed by atoms with Gasteiger partial charge in [0, 0.05) is 26.0 Å². The van der Waals surface area contributed by atoms with Gasteiger partial charge in [0.25, 0.3) is 0 Å². The minimum Gasteiger partial charge on any atom is -0.325 e. The van der Waals surface area contributed by atoms with Crippen LogP contribution in [0.25, 0.3) is 11.1 Å². The summed E-state index contributed by atoms with van der Waals surface area (Å²) in [7, 11) is 0. The summed E-state index contributed by atoms with van der Waals surface area (Å²) in [6, 6.07) is 19.7. The molecule has 2 N–H and O–H groups in total. The van der Waals surface area contributed by atoms with E-state index in [0.717, 1.165) is 12.0 Å². The Morgan fingerprint density at radius 2 is 1.72 bits per heavy atom. The first-order valence-electron chi connectivity index (χ1n) is 5.90. The minimum absolute atomic E-state index is 0. The van der Waals surface area contributed by atoms with Crippen LogP contribution in [0, 0.1) is 6.07 Å². The molecule has 0 spiro atoms. The van der Waals surface area contributed by atoms with E-state index in [0.29, 0.717) is 0 Å². The smallest absolute Gasteiger partial charge is 0.0130 e. The maximum atomic E-state index is 6.10. The normalized spacial score (nSPS) is 10.8. The van der Waals surface area contributed by atoms with Crippen LogP contribution in [0.1, 0.15) is 19.4 Å². The van der Waals surface area contributed by atoms with Crippen LogP contribution in [-0.4, -0.2) is 5.54 Å². The molecule has 2 aromatic rings. The SMILES string of the molecule is CC(C)(N)Cc1ccccc1-c1[c-]cccc1.[Pd]. The fourth-order valence-corrected chi connectivity index (χ4v) is 1.99. The van der Waals surface area contributed by atoms with Crippen LogP contribution in [0.2, 0.25) is 0 Å². The standard InChI is InChI=1S/C16H18N.Pd/c1-16(2,17)12-14-10-6-7-11-15(14)13-8-4-3-5-9-13;/h3-8,10-11H,12,17H2,1-2H3;/q-1;. The summed E-state index contributed by atoms with van der Waals surface area (Å²) < 4.78 is 0. The first-order valence-corrected chi connectivity index (χ1v) is 5.90. The Kier molecular flexibility index (Phi) is 5.29. The Labute approximate surface area is 123 Å². The van der Waals surface area contributed by atoms with E-state index in [1.54, 1.807) is 0 Å². The van der Waals surface area contributed by atoms with Gasteiger partial charge in [0.15, 0.2) is 0 Å². The van der Waals surface area contributed by atoms with E-state index in [9.17, 15) is 0 Å². The number of benzene rings is 2. The summed E-state index contributed by atoms with van der Waals surface area (Å²) in [5.74, 6) is 0. The third-order valence-corrected chi connectivity index (χ3v) is 2.66. The molecule has 2 aromatic carbocycles. The predicted octanol–water partition coefficient (Wildman–Crippen LogP) is 3.43. The molecule has 0 unspecified atom stereocenters. The van der Waals surface area contributed by atoms with Gasteiger partial charge in [-0.25, -0.2) is 0 Å². The molecular formula is C16H18NPd-. The predicted molar refractivity (Wildman–Crippen MR) is 72.7 cm³/mol. The van der Waals surface area contributed by atoms with Crippen molar-refractivity contribution in [2.45, 2.75) is 25.8 Å². The van der Waals surface area contributed by atoms with E-state index < -0.39 is 0 Å². The van der Waals surface area contributed by atoms with Crippen molar-refractivity contribution in [3.8, 4) is 11.1 Å². The van der Waals surface area contributed by atoms with Crippen molar-refractivity contribution in [1.29, 1.82) is 0 Å². The van der Waals surface area contributed by atoms with Crippen molar-refractivity contribution in [1.82, 2.24) is 0 Å². The van der Waals surface area contributed by atoms with Gasteiger partial charge >= 0.3 is 0 Å². The van der Waals surface area contributed by atoms with Crippen molar-refractivity contribution < 1.29 is 20.4 Å². The van der Waals surface area contributed by atoms with Crippen LogP contribution in [-0.2, 0) is 26.8 Å². The fourth-order valence-electron chi connectivity index (χ4n) is 1.99. The number of hydrogen-bond donors (Lipinski definition) is 1.